The molecule has 22 heavy (non-hydrogen) atoms. The van der Waals surface area contributed by atoms with Crippen LogP contribution in [0.15, 0.2) is 36.7 Å². The van der Waals surface area contributed by atoms with Gasteiger partial charge in [0.15, 0.2) is 0 Å². The van der Waals surface area contributed by atoms with Gasteiger partial charge in [-0.15, -0.1) is 0 Å². The van der Waals surface area contributed by atoms with Gasteiger partial charge in [-0.1, -0.05) is 11.6 Å². The molecule has 1 N–H and O–H groups in total. The van der Waals surface area contributed by atoms with Crippen LogP contribution in [-0.4, -0.2) is 44.3 Å². The molecule has 2 aromatic rings. The summed E-state index contributed by atoms with van der Waals surface area (Å²) < 4.78 is 1.56. The average Bonchev–Trinajstić information content (AvgIpc) is 3.17. The van der Waals surface area contributed by atoms with Crippen molar-refractivity contribution in [2.24, 2.45) is 0 Å². The van der Waals surface area contributed by atoms with Crippen LogP contribution in [0.2, 0.25) is 5.02 Å². The number of carboxylic acid groups (broad SMARTS) is 1. The molecule has 2 heterocycles. The summed E-state index contributed by atoms with van der Waals surface area (Å²) in [5, 5.41) is 13.9. The molecule has 6 nitrogen and oxygen atoms in total. The Morgan fingerprint density at radius 3 is 2.68 bits per heavy atom. The molecule has 1 fully saturated rings. The van der Waals surface area contributed by atoms with Crippen molar-refractivity contribution < 1.29 is 14.7 Å². The lowest BCUT2D eigenvalue weighted by atomic mass is 10.2. The fourth-order valence-corrected chi connectivity index (χ4v) is 2.73. The fraction of sp³-hybridized carbons (Fsp3) is 0.267. The lowest BCUT2D eigenvalue weighted by molar-refractivity contribution is -0.141. The molecule has 0 saturated carbocycles. The Balaban J connectivity index is 1.82. The molecule has 1 aliphatic heterocycles. The van der Waals surface area contributed by atoms with Gasteiger partial charge in [0, 0.05) is 17.8 Å². The summed E-state index contributed by atoms with van der Waals surface area (Å²) in [4.78, 5) is 25.0. The number of carboxylic acids is 1. The van der Waals surface area contributed by atoms with Gasteiger partial charge in [0.2, 0.25) is 0 Å². The van der Waals surface area contributed by atoms with Gasteiger partial charge < -0.3 is 10.0 Å². The van der Waals surface area contributed by atoms with Gasteiger partial charge in [0.1, 0.15) is 6.04 Å². The van der Waals surface area contributed by atoms with Crippen molar-refractivity contribution in [1.29, 1.82) is 0 Å². The number of aliphatic carboxylic acids is 1. The molecule has 1 unspecified atom stereocenters. The second-order valence-corrected chi connectivity index (χ2v) is 5.58. The van der Waals surface area contributed by atoms with Crippen LogP contribution < -0.4 is 0 Å². The standard InChI is InChI=1S/C15H14ClN3O3/c16-11-3-5-12(6-4-11)19-9-10(8-17-19)14(20)18-7-1-2-13(18)15(21)22/h3-6,8-9,13H,1-2,7H2,(H,21,22). The zero-order valence-electron chi connectivity index (χ0n) is 11.6. The molecule has 1 aliphatic rings. The van der Waals surface area contributed by atoms with Crippen molar-refractivity contribution in [1.82, 2.24) is 14.7 Å². The average molecular weight is 320 g/mol. The van der Waals surface area contributed by atoms with Crippen LogP contribution in [0.1, 0.15) is 23.2 Å². The topological polar surface area (TPSA) is 75.4 Å². The minimum absolute atomic E-state index is 0.301. The van der Waals surface area contributed by atoms with Gasteiger partial charge in [0.25, 0.3) is 5.91 Å². The fourth-order valence-electron chi connectivity index (χ4n) is 2.60. The van der Waals surface area contributed by atoms with Crippen LogP contribution >= 0.6 is 11.6 Å². The smallest absolute Gasteiger partial charge is 0.326 e. The summed E-state index contributed by atoms with van der Waals surface area (Å²) in [5.41, 5.74) is 1.16. The molecule has 0 radical (unpaired) electrons. The van der Waals surface area contributed by atoms with E-state index in [0.29, 0.717) is 30.0 Å². The maximum absolute atomic E-state index is 12.4. The van der Waals surface area contributed by atoms with Gasteiger partial charge in [-0.3, -0.25) is 4.79 Å². The van der Waals surface area contributed by atoms with Crippen LogP contribution in [0.3, 0.4) is 0 Å². The third-order valence-electron chi connectivity index (χ3n) is 3.72. The number of nitrogens with zero attached hydrogens (tertiary/aromatic N) is 3. The second kappa shape index (κ2) is 5.81. The van der Waals surface area contributed by atoms with Crippen molar-refractivity contribution in [3.05, 3.63) is 47.2 Å². The van der Waals surface area contributed by atoms with Crippen molar-refractivity contribution in [2.75, 3.05) is 6.54 Å². The highest BCUT2D eigenvalue weighted by atomic mass is 35.5. The molecule has 114 valence electrons. The molecule has 1 amide bonds. The number of halogens is 1. The first-order valence-electron chi connectivity index (χ1n) is 6.90. The number of carbonyl (C=O) groups excluding carboxylic acids is 1. The van der Waals surface area contributed by atoms with Crippen molar-refractivity contribution >= 4 is 23.5 Å². The predicted octanol–water partition coefficient (Wildman–Crippen LogP) is 2.21. The van der Waals surface area contributed by atoms with Gasteiger partial charge in [-0.25, -0.2) is 9.48 Å². The molecule has 3 rings (SSSR count). The predicted molar refractivity (Wildman–Crippen MR) is 80.3 cm³/mol. The molecular formula is C15H14ClN3O3. The van der Waals surface area contributed by atoms with Gasteiger partial charge in [-0.05, 0) is 37.1 Å². The maximum Gasteiger partial charge on any atom is 0.326 e. The molecule has 0 bridgehead atoms. The summed E-state index contributed by atoms with van der Waals surface area (Å²) in [6, 6.07) is 6.31. The maximum atomic E-state index is 12.4. The molecule has 0 spiro atoms. The summed E-state index contributed by atoms with van der Waals surface area (Å²) >= 11 is 5.84. The Labute approximate surface area is 131 Å². The number of carbonyl (C=O) groups is 2. The third kappa shape index (κ3) is 2.69. The summed E-state index contributed by atoms with van der Waals surface area (Å²) in [5.74, 6) is -1.26. The van der Waals surface area contributed by atoms with E-state index in [1.807, 2.05) is 0 Å². The summed E-state index contributed by atoms with van der Waals surface area (Å²) in [7, 11) is 0. The minimum atomic E-state index is -0.962. The molecule has 1 atom stereocenters. The number of rotatable bonds is 3. The van der Waals surface area contributed by atoms with E-state index in [0.717, 1.165) is 5.69 Å². The molecule has 1 aromatic heterocycles. The van der Waals surface area contributed by atoms with Crippen LogP contribution in [0, 0.1) is 0 Å². The number of aromatic nitrogens is 2. The highest BCUT2D eigenvalue weighted by molar-refractivity contribution is 6.30. The Morgan fingerprint density at radius 2 is 2.00 bits per heavy atom. The van der Waals surface area contributed by atoms with E-state index in [4.69, 9.17) is 16.7 Å². The number of likely N-dealkylation sites (tertiary alicyclic amines) is 1. The van der Waals surface area contributed by atoms with Crippen molar-refractivity contribution in [3.8, 4) is 5.69 Å². The van der Waals surface area contributed by atoms with Crippen LogP contribution in [0.25, 0.3) is 5.69 Å². The quantitative estimate of drug-likeness (QED) is 0.941. The Kier molecular flexibility index (Phi) is 3.85. The Hall–Kier alpha value is -2.34. The van der Waals surface area contributed by atoms with Crippen molar-refractivity contribution in [2.45, 2.75) is 18.9 Å². The lowest BCUT2D eigenvalue weighted by Gasteiger charge is -2.20. The number of hydrogen-bond acceptors (Lipinski definition) is 3. The van der Waals surface area contributed by atoms with Crippen LogP contribution in [-0.2, 0) is 4.79 Å². The Bertz CT molecular complexity index is 711. The SMILES string of the molecule is O=C(O)C1CCCN1C(=O)c1cnn(-c2ccc(Cl)cc2)c1. The Morgan fingerprint density at radius 1 is 1.27 bits per heavy atom. The van der Waals surface area contributed by atoms with E-state index < -0.39 is 12.0 Å². The number of hydrogen-bond donors (Lipinski definition) is 1. The first-order chi connectivity index (χ1) is 10.6. The minimum Gasteiger partial charge on any atom is -0.480 e. The van der Waals surface area contributed by atoms with E-state index >= 15 is 0 Å². The van der Waals surface area contributed by atoms with Gasteiger partial charge in [-0.2, -0.15) is 5.10 Å². The highest BCUT2D eigenvalue weighted by Gasteiger charge is 2.34. The van der Waals surface area contributed by atoms with E-state index in [9.17, 15) is 9.59 Å². The largest absolute Gasteiger partial charge is 0.480 e. The van der Waals surface area contributed by atoms with E-state index in [1.165, 1.54) is 11.1 Å². The molecular weight excluding hydrogens is 306 g/mol. The zero-order chi connectivity index (χ0) is 15.7. The van der Waals surface area contributed by atoms with E-state index in [-0.39, 0.29) is 5.91 Å². The molecule has 0 aliphatic carbocycles. The van der Waals surface area contributed by atoms with E-state index in [1.54, 1.807) is 35.1 Å². The van der Waals surface area contributed by atoms with Crippen molar-refractivity contribution in [3.63, 3.8) is 0 Å². The van der Waals surface area contributed by atoms with Gasteiger partial charge in [0.05, 0.1) is 17.4 Å². The summed E-state index contributed by atoms with van der Waals surface area (Å²) in [6.07, 6.45) is 4.25. The first kappa shape index (κ1) is 14.6. The monoisotopic (exact) mass is 319 g/mol. The first-order valence-corrected chi connectivity index (χ1v) is 7.28. The third-order valence-corrected chi connectivity index (χ3v) is 3.97. The van der Waals surface area contributed by atoms with Crippen LogP contribution in [0.4, 0.5) is 0 Å². The highest BCUT2D eigenvalue weighted by Crippen LogP contribution is 2.21. The zero-order valence-corrected chi connectivity index (χ0v) is 12.4. The summed E-state index contributed by atoms with van der Waals surface area (Å²) in [6.45, 7) is 0.460. The van der Waals surface area contributed by atoms with Gasteiger partial charge >= 0.3 is 5.97 Å². The number of amides is 1. The second-order valence-electron chi connectivity index (χ2n) is 5.14. The van der Waals surface area contributed by atoms with Crippen LogP contribution in [0.5, 0.6) is 0 Å². The molecule has 1 saturated heterocycles. The normalized spacial score (nSPS) is 17.7. The lowest BCUT2D eigenvalue weighted by Crippen LogP contribution is -2.40. The molecule has 1 aromatic carbocycles. The molecule has 7 heteroatoms. The number of benzene rings is 1. The van der Waals surface area contributed by atoms with E-state index in [2.05, 4.69) is 5.10 Å².